The standard InChI is InChI=1S/C14H15FN2O3S2/c1-8-3-4-10(5-11(8)15)17-12-6-22(19,20)7-13(12)21-14(17)16-9(2)18/h3-5,12-13H,6-7H2,1-2H3/t12-,13-/m1/s1. The molecule has 1 aromatic rings. The average molecular weight is 342 g/mol. The van der Waals surface area contributed by atoms with Crippen LogP contribution in [-0.4, -0.2) is 42.3 Å². The molecular formula is C14H15FN2O3S2. The molecule has 2 fully saturated rings. The summed E-state index contributed by atoms with van der Waals surface area (Å²) >= 11 is 1.28. The fraction of sp³-hybridized carbons (Fsp3) is 0.429. The number of amides is 1. The monoisotopic (exact) mass is 342 g/mol. The van der Waals surface area contributed by atoms with Gasteiger partial charge in [-0.25, -0.2) is 12.8 Å². The predicted molar refractivity (Wildman–Crippen MR) is 85.6 cm³/mol. The van der Waals surface area contributed by atoms with E-state index in [1.165, 1.54) is 24.8 Å². The van der Waals surface area contributed by atoms with Crippen LogP contribution < -0.4 is 4.90 Å². The number of hydrogen-bond acceptors (Lipinski definition) is 4. The highest BCUT2D eigenvalue weighted by Gasteiger charge is 2.49. The molecule has 1 amide bonds. The largest absolute Gasteiger partial charge is 0.315 e. The molecule has 0 aliphatic carbocycles. The Morgan fingerprint density at radius 1 is 1.41 bits per heavy atom. The molecule has 118 valence electrons. The van der Waals surface area contributed by atoms with Crippen LogP contribution >= 0.6 is 11.8 Å². The van der Waals surface area contributed by atoms with Crippen LogP contribution in [0.3, 0.4) is 0 Å². The van der Waals surface area contributed by atoms with E-state index in [9.17, 15) is 17.6 Å². The number of hydrogen-bond donors (Lipinski definition) is 0. The predicted octanol–water partition coefficient (Wildman–Crippen LogP) is 1.76. The van der Waals surface area contributed by atoms with E-state index in [1.54, 1.807) is 24.0 Å². The third-order valence-electron chi connectivity index (χ3n) is 3.75. The van der Waals surface area contributed by atoms with Gasteiger partial charge >= 0.3 is 0 Å². The second kappa shape index (κ2) is 5.34. The van der Waals surface area contributed by atoms with Gasteiger partial charge in [0.25, 0.3) is 0 Å². The number of rotatable bonds is 1. The van der Waals surface area contributed by atoms with E-state index in [2.05, 4.69) is 4.99 Å². The van der Waals surface area contributed by atoms with Gasteiger partial charge in [-0.15, -0.1) is 0 Å². The minimum atomic E-state index is -3.11. The second-order valence-corrected chi connectivity index (χ2v) is 8.88. The normalized spacial score (nSPS) is 28.1. The number of halogens is 1. The molecule has 0 saturated carbocycles. The summed E-state index contributed by atoms with van der Waals surface area (Å²) < 4.78 is 37.6. The molecule has 8 heteroatoms. The van der Waals surface area contributed by atoms with E-state index in [-0.39, 0.29) is 34.5 Å². The lowest BCUT2D eigenvalue weighted by Gasteiger charge is -2.24. The van der Waals surface area contributed by atoms with Gasteiger partial charge in [-0.2, -0.15) is 4.99 Å². The Hall–Kier alpha value is -1.41. The smallest absolute Gasteiger partial charge is 0.244 e. The lowest BCUT2D eigenvalue weighted by molar-refractivity contribution is -0.115. The topological polar surface area (TPSA) is 66.8 Å². The number of benzene rings is 1. The number of carbonyl (C=O) groups is 1. The molecule has 2 heterocycles. The zero-order chi connectivity index (χ0) is 16.1. The molecule has 2 aliphatic rings. The highest BCUT2D eigenvalue weighted by Crippen LogP contribution is 2.41. The van der Waals surface area contributed by atoms with Crippen LogP contribution in [0.5, 0.6) is 0 Å². The molecule has 0 radical (unpaired) electrons. The number of thioether (sulfide) groups is 1. The van der Waals surface area contributed by atoms with Crippen molar-refractivity contribution in [3.8, 4) is 0 Å². The first kappa shape index (κ1) is 15.5. The third kappa shape index (κ3) is 2.77. The lowest BCUT2D eigenvalue weighted by Crippen LogP contribution is -2.37. The Labute approximate surface area is 132 Å². The molecule has 2 saturated heterocycles. The summed E-state index contributed by atoms with van der Waals surface area (Å²) in [7, 11) is -3.11. The van der Waals surface area contributed by atoms with Gasteiger partial charge in [-0.05, 0) is 24.6 Å². The number of amidine groups is 1. The molecule has 2 aliphatic heterocycles. The van der Waals surface area contributed by atoms with Crippen molar-refractivity contribution in [2.45, 2.75) is 25.1 Å². The van der Waals surface area contributed by atoms with Gasteiger partial charge in [0.05, 0.1) is 17.5 Å². The minimum Gasteiger partial charge on any atom is -0.315 e. The maximum atomic E-state index is 13.9. The number of sulfone groups is 1. The molecule has 1 aromatic carbocycles. The summed E-state index contributed by atoms with van der Waals surface area (Å²) in [6.07, 6.45) is 0. The first-order valence-corrected chi connectivity index (χ1v) is 9.49. The van der Waals surface area contributed by atoms with Crippen LogP contribution in [-0.2, 0) is 14.6 Å². The number of nitrogens with zero attached hydrogens (tertiary/aromatic N) is 2. The van der Waals surface area contributed by atoms with Crippen molar-refractivity contribution in [1.29, 1.82) is 0 Å². The Kier molecular flexibility index (Phi) is 3.76. The summed E-state index contributed by atoms with van der Waals surface area (Å²) in [6.45, 7) is 3.00. The molecule has 0 N–H and O–H groups in total. The summed E-state index contributed by atoms with van der Waals surface area (Å²) in [5.74, 6) is -0.668. The van der Waals surface area contributed by atoms with Crippen LogP contribution in [0.1, 0.15) is 12.5 Å². The zero-order valence-electron chi connectivity index (χ0n) is 12.1. The van der Waals surface area contributed by atoms with E-state index in [1.807, 2.05) is 0 Å². The number of fused-ring (bicyclic) bond motifs is 1. The van der Waals surface area contributed by atoms with Gasteiger partial charge in [0.1, 0.15) is 5.82 Å². The van der Waals surface area contributed by atoms with Crippen molar-refractivity contribution in [3.05, 3.63) is 29.6 Å². The first-order valence-electron chi connectivity index (χ1n) is 6.78. The highest BCUT2D eigenvalue weighted by atomic mass is 32.2. The molecule has 0 unspecified atom stereocenters. The Bertz CT molecular complexity index is 776. The van der Waals surface area contributed by atoms with Crippen molar-refractivity contribution in [2.24, 2.45) is 4.99 Å². The molecule has 0 bridgehead atoms. The summed E-state index contributed by atoms with van der Waals surface area (Å²) in [5.41, 5.74) is 1.04. The van der Waals surface area contributed by atoms with Gasteiger partial charge in [0.2, 0.25) is 5.91 Å². The summed E-state index contributed by atoms with van der Waals surface area (Å²) in [5, 5.41) is 0.271. The van der Waals surface area contributed by atoms with Crippen LogP contribution in [0.2, 0.25) is 0 Å². The van der Waals surface area contributed by atoms with Gasteiger partial charge in [0.15, 0.2) is 15.0 Å². The fourth-order valence-corrected chi connectivity index (χ4v) is 6.69. The maximum Gasteiger partial charge on any atom is 0.244 e. The van der Waals surface area contributed by atoms with Crippen LogP contribution in [0.4, 0.5) is 10.1 Å². The van der Waals surface area contributed by atoms with Crippen molar-refractivity contribution in [1.82, 2.24) is 0 Å². The number of carbonyl (C=O) groups excluding carboxylic acids is 1. The Balaban J connectivity index is 2.06. The summed E-state index contributed by atoms with van der Waals surface area (Å²) in [4.78, 5) is 17.0. The van der Waals surface area contributed by atoms with E-state index >= 15 is 0 Å². The van der Waals surface area contributed by atoms with Crippen LogP contribution in [0, 0.1) is 12.7 Å². The Morgan fingerprint density at radius 3 is 2.77 bits per heavy atom. The van der Waals surface area contributed by atoms with Gasteiger partial charge in [-0.3, -0.25) is 4.79 Å². The molecule has 0 spiro atoms. The minimum absolute atomic E-state index is 0.00289. The first-order chi connectivity index (χ1) is 10.3. The van der Waals surface area contributed by atoms with Crippen LogP contribution in [0.15, 0.2) is 23.2 Å². The number of anilines is 1. The quantitative estimate of drug-likeness (QED) is 0.778. The highest BCUT2D eigenvalue weighted by molar-refractivity contribution is 8.16. The van der Waals surface area contributed by atoms with Gasteiger partial charge < -0.3 is 4.90 Å². The third-order valence-corrected chi connectivity index (χ3v) is 6.96. The fourth-order valence-electron chi connectivity index (χ4n) is 2.73. The molecule has 5 nitrogen and oxygen atoms in total. The molecule has 3 rings (SSSR count). The molecule has 22 heavy (non-hydrogen) atoms. The molecular weight excluding hydrogens is 327 g/mol. The van der Waals surface area contributed by atoms with Gasteiger partial charge in [-0.1, -0.05) is 17.8 Å². The number of aryl methyl sites for hydroxylation is 1. The molecule has 2 atom stereocenters. The van der Waals surface area contributed by atoms with Gasteiger partial charge in [0, 0.05) is 17.9 Å². The van der Waals surface area contributed by atoms with E-state index in [4.69, 9.17) is 0 Å². The maximum absolute atomic E-state index is 13.9. The lowest BCUT2D eigenvalue weighted by atomic mass is 10.1. The van der Waals surface area contributed by atoms with Crippen LogP contribution in [0.25, 0.3) is 0 Å². The molecule has 0 aromatic heterocycles. The zero-order valence-corrected chi connectivity index (χ0v) is 13.7. The van der Waals surface area contributed by atoms with Crippen molar-refractivity contribution < 1.29 is 17.6 Å². The van der Waals surface area contributed by atoms with E-state index in [0.717, 1.165) is 0 Å². The van der Waals surface area contributed by atoms with Crippen molar-refractivity contribution in [3.63, 3.8) is 0 Å². The number of aliphatic imine (C=N–C) groups is 1. The summed E-state index contributed by atoms with van der Waals surface area (Å²) in [6, 6.07) is 4.41. The van der Waals surface area contributed by atoms with Crippen molar-refractivity contribution in [2.75, 3.05) is 16.4 Å². The average Bonchev–Trinajstić information content (AvgIpc) is 2.83. The van der Waals surface area contributed by atoms with E-state index in [0.29, 0.717) is 16.4 Å². The van der Waals surface area contributed by atoms with Crippen molar-refractivity contribution >= 4 is 38.4 Å². The van der Waals surface area contributed by atoms with E-state index < -0.39 is 9.84 Å². The Morgan fingerprint density at radius 2 is 2.14 bits per heavy atom. The SMILES string of the molecule is CC(=O)N=C1S[C@@H]2CS(=O)(=O)C[C@H]2N1c1ccc(C)c(F)c1. The second-order valence-electron chi connectivity index (χ2n) is 5.52.